The maximum absolute atomic E-state index is 9.50. The molecule has 0 aromatic heterocycles. The SMILES string of the molecule is CC.CC(C)(O)OCCC#CCCN(Cc1ccccc1)Cc1ccccc1. The van der Waals surface area contributed by atoms with Crippen molar-refractivity contribution in [3.05, 3.63) is 71.8 Å². The highest BCUT2D eigenvalue weighted by atomic mass is 16.6. The lowest BCUT2D eigenvalue weighted by Crippen LogP contribution is -2.24. The standard InChI is InChI=1S/C23H29NO2.C2H6/c1-23(2,25)26-18-12-4-3-11-17-24(19-21-13-7-5-8-14-21)20-22-15-9-6-10-16-22;1-2/h5-10,13-16,25H,11-12,17-20H2,1-2H3;1-2H3. The number of hydrogen-bond acceptors (Lipinski definition) is 3. The summed E-state index contributed by atoms with van der Waals surface area (Å²) in [7, 11) is 0. The summed E-state index contributed by atoms with van der Waals surface area (Å²) in [6, 6.07) is 21.1. The molecule has 0 fully saturated rings. The van der Waals surface area contributed by atoms with E-state index in [1.165, 1.54) is 11.1 Å². The second kappa shape index (κ2) is 14.0. The highest BCUT2D eigenvalue weighted by Gasteiger charge is 2.10. The lowest BCUT2D eigenvalue weighted by atomic mass is 10.1. The van der Waals surface area contributed by atoms with E-state index in [1.807, 2.05) is 26.0 Å². The number of nitrogens with zero attached hydrogens (tertiary/aromatic N) is 1. The topological polar surface area (TPSA) is 32.7 Å². The van der Waals surface area contributed by atoms with Crippen LogP contribution in [0.5, 0.6) is 0 Å². The van der Waals surface area contributed by atoms with Crippen molar-refractivity contribution in [2.24, 2.45) is 0 Å². The molecular formula is C25H35NO2. The quantitative estimate of drug-likeness (QED) is 0.366. The van der Waals surface area contributed by atoms with Crippen LogP contribution < -0.4 is 0 Å². The smallest absolute Gasteiger partial charge is 0.159 e. The van der Waals surface area contributed by atoms with Gasteiger partial charge in [-0.25, -0.2) is 0 Å². The first-order valence-electron chi connectivity index (χ1n) is 10.2. The van der Waals surface area contributed by atoms with E-state index < -0.39 is 5.79 Å². The Morgan fingerprint density at radius 3 is 1.75 bits per heavy atom. The third-order valence-electron chi connectivity index (χ3n) is 3.86. The molecule has 2 rings (SSSR count). The summed E-state index contributed by atoms with van der Waals surface area (Å²) in [5, 5.41) is 9.50. The van der Waals surface area contributed by atoms with Gasteiger partial charge in [0.1, 0.15) is 0 Å². The van der Waals surface area contributed by atoms with Crippen molar-refractivity contribution in [1.82, 2.24) is 4.90 Å². The normalized spacial score (nSPS) is 10.6. The summed E-state index contributed by atoms with van der Waals surface area (Å²) in [5.41, 5.74) is 2.63. The lowest BCUT2D eigenvalue weighted by molar-refractivity contribution is -0.174. The van der Waals surface area contributed by atoms with Gasteiger partial charge in [-0.2, -0.15) is 0 Å². The van der Waals surface area contributed by atoms with Crippen LogP contribution in [0.15, 0.2) is 60.7 Å². The molecule has 0 atom stereocenters. The Labute approximate surface area is 171 Å². The van der Waals surface area contributed by atoms with Crippen molar-refractivity contribution >= 4 is 0 Å². The first kappa shape index (κ1) is 23.9. The molecule has 3 heteroatoms. The molecule has 3 nitrogen and oxygen atoms in total. The molecule has 152 valence electrons. The van der Waals surface area contributed by atoms with Crippen molar-refractivity contribution in [3.8, 4) is 11.8 Å². The van der Waals surface area contributed by atoms with Crippen LogP contribution >= 0.6 is 0 Å². The highest BCUT2D eigenvalue weighted by molar-refractivity contribution is 5.17. The molecule has 0 spiro atoms. The third kappa shape index (κ3) is 11.6. The van der Waals surface area contributed by atoms with Crippen LogP contribution in [0, 0.1) is 11.8 Å². The van der Waals surface area contributed by atoms with E-state index >= 15 is 0 Å². The van der Waals surface area contributed by atoms with Gasteiger partial charge in [-0.15, -0.1) is 11.8 Å². The largest absolute Gasteiger partial charge is 0.366 e. The third-order valence-corrected chi connectivity index (χ3v) is 3.86. The van der Waals surface area contributed by atoms with E-state index in [0.29, 0.717) is 13.0 Å². The summed E-state index contributed by atoms with van der Waals surface area (Å²) < 4.78 is 5.26. The van der Waals surface area contributed by atoms with Crippen LogP contribution in [0.25, 0.3) is 0 Å². The van der Waals surface area contributed by atoms with Crippen LogP contribution in [0.4, 0.5) is 0 Å². The van der Waals surface area contributed by atoms with E-state index in [2.05, 4.69) is 65.3 Å². The monoisotopic (exact) mass is 381 g/mol. The van der Waals surface area contributed by atoms with Gasteiger partial charge in [-0.3, -0.25) is 4.90 Å². The summed E-state index contributed by atoms with van der Waals surface area (Å²) >= 11 is 0. The van der Waals surface area contributed by atoms with Crippen LogP contribution in [0.1, 0.15) is 51.7 Å². The molecule has 2 aromatic rings. The van der Waals surface area contributed by atoms with Crippen LogP contribution in [-0.2, 0) is 17.8 Å². The lowest BCUT2D eigenvalue weighted by Gasteiger charge is -2.21. The van der Waals surface area contributed by atoms with Gasteiger partial charge in [0.25, 0.3) is 0 Å². The van der Waals surface area contributed by atoms with E-state index in [4.69, 9.17) is 4.74 Å². The van der Waals surface area contributed by atoms with Crippen molar-refractivity contribution in [2.75, 3.05) is 13.2 Å². The van der Waals surface area contributed by atoms with Gasteiger partial charge < -0.3 is 9.84 Å². The van der Waals surface area contributed by atoms with E-state index in [9.17, 15) is 5.11 Å². The van der Waals surface area contributed by atoms with Crippen molar-refractivity contribution in [1.29, 1.82) is 0 Å². The number of hydrogen-bond donors (Lipinski definition) is 1. The first-order valence-corrected chi connectivity index (χ1v) is 10.2. The minimum absolute atomic E-state index is 0.453. The summed E-state index contributed by atoms with van der Waals surface area (Å²) in [4.78, 5) is 2.42. The van der Waals surface area contributed by atoms with Crippen molar-refractivity contribution in [2.45, 2.75) is 59.4 Å². The Morgan fingerprint density at radius 1 is 0.821 bits per heavy atom. The molecule has 0 aliphatic heterocycles. The predicted octanol–water partition coefficient (Wildman–Crippen LogP) is 5.24. The van der Waals surface area contributed by atoms with Gasteiger partial charge in [-0.05, 0) is 25.0 Å². The fourth-order valence-electron chi connectivity index (χ4n) is 2.64. The predicted molar refractivity (Wildman–Crippen MR) is 118 cm³/mol. The molecule has 0 bridgehead atoms. The molecule has 28 heavy (non-hydrogen) atoms. The average molecular weight is 382 g/mol. The molecule has 0 amide bonds. The maximum atomic E-state index is 9.50. The Balaban J connectivity index is 0.00000190. The Hall–Kier alpha value is -2.12. The minimum Gasteiger partial charge on any atom is -0.366 e. The summed E-state index contributed by atoms with van der Waals surface area (Å²) in [6.45, 7) is 10.5. The zero-order valence-electron chi connectivity index (χ0n) is 17.8. The minimum atomic E-state index is -1.08. The van der Waals surface area contributed by atoms with Gasteiger partial charge in [0.2, 0.25) is 0 Å². The Bertz CT molecular complexity index is 640. The second-order valence-electron chi connectivity index (χ2n) is 6.83. The molecule has 0 radical (unpaired) electrons. The summed E-state index contributed by atoms with van der Waals surface area (Å²) in [6.07, 6.45) is 1.46. The van der Waals surface area contributed by atoms with Gasteiger partial charge in [0.15, 0.2) is 5.79 Å². The fourth-order valence-corrected chi connectivity index (χ4v) is 2.64. The van der Waals surface area contributed by atoms with E-state index in [0.717, 1.165) is 26.1 Å². The van der Waals surface area contributed by atoms with Gasteiger partial charge in [0, 0.05) is 32.5 Å². The zero-order valence-corrected chi connectivity index (χ0v) is 17.8. The first-order chi connectivity index (χ1) is 13.5. The molecule has 0 saturated carbocycles. The van der Waals surface area contributed by atoms with Gasteiger partial charge in [-0.1, -0.05) is 74.5 Å². The molecule has 1 N–H and O–H groups in total. The molecule has 2 aromatic carbocycles. The van der Waals surface area contributed by atoms with Gasteiger partial charge in [0.05, 0.1) is 6.61 Å². The molecule has 0 aliphatic carbocycles. The van der Waals surface area contributed by atoms with Crippen molar-refractivity contribution < 1.29 is 9.84 Å². The fraction of sp³-hybridized carbons (Fsp3) is 0.440. The van der Waals surface area contributed by atoms with Crippen molar-refractivity contribution in [3.63, 3.8) is 0 Å². The van der Waals surface area contributed by atoms with E-state index in [-0.39, 0.29) is 0 Å². The molecule has 0 unspecified atom stereocenters. The number of rotatable bonds is 9. The van der Waals surface area contributed by atoms with Crippen LogP contribution in [0.3, 0.4) is 0 Å². The van der Waals surface area contributed by atoms with E-state index in [1.54, 1.807) is 13.8 Å². The van der Waals surface area contributed by atoms with Crippen LogP contribution in [-0.4, -0.2) is 28.9 Å². The molecular weight excluding hydrogens is 346 g/mol. The number of benzene rings is 2. The number of ether oxygens (including phenoxy) is 1. The number of aliphatic hydroxyl groups is 1. The average Bonchev–Trinajstić information content (AvgIpc) is 2.69. The molecule has 0 heterocycles. The van der Waals surface area contributed by atoms with Gasteiger partial charge >= 0.3 is 0 Å². The zero-order chi connectivity index (χ0) is 20.7. The Morgan fingerprint density at radius 2 is 1.29 bits per heavy atom. The molecule has 0 saturated heterocycles. The Kier molecular flexibility index (Phi) is 11.9. The molecule has 0 aliphatic rings. The highest BCUT2D eigenvalue weighted by Crippen LogP contribution is 2.10. The summed E-state index contributed by atoms with van der Waals surface area (Å²) in [5.74, 6) is 5.27. The second-order valence-corrected chi connectivity index (χ2v) is 6.83. The van der Waals surface area contributed by atoms with Crippen LogP contribution in [0.2, 0.25) is 0 Å². The maximum Gasteiger partial charge on any atom is 0.159 e.